The molecule has 0 aliphatic heterocycles. The summed E-state index contributed by atoms with van der Waals surface area (Å²) in [5.74, 6) is 0.655. The van der Waals surface area contributed by atoms with E-state index in [1.54, 1.807) is 41.9 Å². The highest BCUT2D eigenvalue weighted by molar-refractivity contribution is 7.80. The Kier molecular flexibility index (Phi) is 35.4. The Morgan fingerprint density at radius 2 is 1.20 bits per heavy atom. The van der Waals surface area contributed by atoms with E-state index < -0.39 is 0 Å². The van der Waals surface area contributed by atoms with Crippen LogP contribution in [0.5, 0.6) is 0 Å². The molecule has 0 unspecified atom stereocenters. The van der Waals surface area contributed by atoms with Gasteiger partial charge < -0.3 is 29.4 Å². The van der Waals surface area contributed by atoms with E-state index in [2.05, 4.69) is 35.8 Å². The molecule has 0 heterocycles. The summed E-state index contributed by atoms with van der Waals surface area (Å²) >= 11 is 9.43. The Labute approximate surface area is 197 Å². The fourth-order valence-electron chi connectivity index (χ4n) is 0.827. The summed E-state index contributed by atoms with van der Waals surface area (Å²) in [5, 5.41) is 16.8. The van der Waals surface area contributed by atoms with Crippen LogP contribution in [0.15, 0.2) is 4.99 Å². The zero-order valence-corrected chi connectivity index (χ0v) is 23.3. The number of hydrogen-bond acceptors (Lipinski definition) is 6. The first kappa shape index (κ1) is 38.9. The number of ether oxygens (including phenoxy) is 1. The van der Waals surface area contributed by atoms with Gasteiger partial charge in [-0.1, -0.05) is 32.5 Å². The minimum absolute atomic E-state index is 0.167. The second-order valence-electron chi connectivity index (χ2n) is 6.88. The van der Waals surface area contributed by atoms with Gasteiger partial charge >= 0.3 is 0 Å². The van der Waals surface area contributed by atoms with Crippen LogP contribution < -0.4 is 0 Å². The largest absolute Gasteiger partial charge is 0.474 e. The molecule has 0 radical (unpaired) electrons. The van der Waals surface area contributed by atoms with Crippen molar-refractivity contribution < 1.29 is 9.84 Å². The van der Waals surface area contributed by atoms with Crippen molar-refractivity contribution in [2.45, 2.75) is 47.1 Å². The summed E-state index contributed by atoms with van der Waals surface area (Å²) in [7, 11) is 16.5. The van der Waals surface area contributed by atoms with E-state index in [4.69, 9.17) is 22.6 Å². The fraction of sp³-hybridized carbons (Fsp3) is 0.800. The first-order chi connectivity index (χ1) is 13.6. The van der Waals surface area contributed by atoms with E-state index in [1.165, 1.54) is 6.42 Å². The van der Waals surface area contributed by atoms with Crippen LogP contribution in [0.25, 0.3) is 0 Å². The molecule has 0 saturated carbocycles. The number of aliphatic imine (C=N–C) groups is 1. The van der Waals surface area contributed by atoms with Gasteiger partial charge in [0.15, 0.2) is 0 Å². The minimum atomic E-state index is -0.167. The van der Waals surface area contributed by atoms with E-state index in [0.717, 1.165) is 4.99 Å². The van der Waals surface area contributed by atoms with Crippen LogP contribution in [0.3, 0.4) is 0 Å². The standard InChI is InChI=1S/C6H12N4.C4H9NOS.C4H9NS.C3H8O.C3H8/c1-9(2)6(8-5-7)10(3)4;1-5(2)4(7)6-3;1-4(6)5(2)3;1-3(2)4;1-3-2/h1-4H3;1-3H3;1-3H3;3-4H,1-2H3;3H2,1-2H3. The van der Waals surface area contributed by atoms with Crippen molar-refractivity contribution in [1.82, 2.24) is 19.6 Å². The van der Waals surface area contributed by atoms with Crippen LogP contribution >= 0.6 is 24.4 Å². The third-order valence-corrected chi connectivity index (χ3v) is 3.02. The summed E-state index contributed by atoms with van der Waals surface area (Å²) in [6, 6.07) is 0. The van der Waals surface area contributed by atoms with Gasteiger partial charge in [-0.05, 0) is 33.0 Å². The molecular weight excluding hydrogens is 420 g/mol. The average Bonchev–Trinajstić information content (AvgIpc) is 2.59. The molecule has 8 nitrogen and oxygen atoms in total. The van der Waals surface area contributed by atoms with Crippen molar-refractivity contribution in [3.63, 3.8) is 0 Å². The van der Waals surface area contributed by atoms with Gasteiger partial charge in [0.05, 0.1) is 12.1 Å². The average molecular weight is 467 g/mol. The van der Waals surface area contributed by atoms with Crippen molar-refractivity contribution in [2.24, 2.45) is 4.99 Å². The molecule has 0 aliphatic carbocycles. The lowest BCUT2D eigenvalue weighted by Crippen LogP contribution is -2.35. The lowest BCUT2D eigenvalue weighted by molar-refractivity contribution is 0.216. The van der Waals surface area contributed by atoms with Gasteiger partial charge in [0, 0.05) is 62.5 Å². The normalized spacial score (nSPS) is 7.83. The SMILES string of the molecule is CC(=S)N(C)C.CC(C)O.CCC.CN(C)C(=NC#N)N(C)C.COC(=S)N(C)C. The number of aliphatic hydroxyl groups is 1. The van der Waals surface area contributed by atoms with Crippen LogP contribution in [0, 0.1) is 11.5 Å². The first-order valence-corrected chi connectivity index (χ1v) is 10.3. The van der Waals surface area contributed by atoms with Gasteiger partial charge in [0.1, 0.15) is 0 Å². The molecule has 0 fully saturated rings. The lowest BCUT2D eigenvalue weighted by Gasteiger charge is -2.20. The van der Waals surface area contributed by atoms with Gasteiger partial charge in [-0.15, -0.1) is 4.99 Å². The molecule has 0 amide bonds. The molecule has 0 aliphatic rings. The Hall–Kier alpha value is -1.70. The molecule has 0 aromatic carbocycles. The fourth-order valence-corrected chi connectivity index (χ4v) is 0.827. The Morgan fingerprint density at radius 3 is 1.23 bits per heavy atom. The third kappa shape index (κ3) is 45.2. The van der Waals surface area contributed by atoms with Crippen LogP contribution in [0.2, 0.25) is 0 Å². The summed E-state index contributed by atoms with van der Waals surface area (Å²) in [6.45, 7) is 9.59. The monoisotopic (exact) mass is 466 g/mol. The number of methoxy groups -OCH3 is 1. The summed E-state index contributed by atoms with van der Waals surface area (Å²) in [4.78, 5) is 11.7. The smallest absolute Gasteiger partial charge is 0.258 e. The number of hydrogen-bond donors (Lipinski definition) is 1. The summed E-state index contributed by atoms with van der Waals surface area (Å²) < 4.78 is 4.67. The number of aliphatic hydroxyl groups excluding tert-OH is 1. The summed E-state index contributed by atoms with van der Waals surface area (Å²) in [5.41, 5.74) is 0. The Bertz CT molecular complexity index is 462. The van der Waals surface area contributed by atoms with Gasteiger partial charge in [0.2, 0.25) is 12.2 Å². The maximum Gasteiger partial charge on any atom is 0.258 e. The van der Waals surface area contributed by atoms with Gasteiger partial charge in [-0.25, -0.2) is 0 Å². The predicted molar refractivity (Wildman–Crippen MR) is 139 cm³/mol. The highest BCUT2D eigenvalue weighted by atomic mass is 32.1. The van der Waals surface area contributed by atoms with Crippen molar-refractivity contribution in [2.75, 3.05) is 63.5 Å². The maximum absolute atomic E-state index is 8.24. The molecule has 10 heteroatoms. The Morgan fingerprint density at radius 1 is 0.933 bits per heavy atom. The first-order valence-electron chi connectivity index (χ1n) is 9.49. The quantitative estimate of drug-likeness (QED) is 0.251. The van der Waals surface area contributed by atoms with Gasteiger partial charge in [0.25, 0.3) is 5.17 Å². The molecule has 0 saturated heterocycles. The molecule has 180 valence electrons. The molecule has 0 spiro atoms. The second-order valence-corrected chi connectivity index (χ2v) is 7.82. The minimum Gasteiger partial charge on any atom is -0.474 e. The number of nitriles is 1. The maximum atomic E-state index is 8.24. The second kappa shape index (κ2) is 27.3. The third-order valence-electron chi connectivity index (χ3n) is 2.12. The number of nitrogens with zero attached hydrogens (tertiary/aromatic N) is 6. The highest BCUT2D eigenvalue weighted by Crippen LogP contribution is 1.86. The molecule has 30 heavy (non-hydrogen) atoms. The molecule has 0 aromatic heterocycles. The van der Waals surface area contributed by atoms with Crippen LogP contribution in [-0.4, -0.2) is 110 Å². The molecule has 0 rings (SSSR count). The van der Waals surface area contributed by atoms with Gasteiger partial charge in [-0.3, -0.25) is 0 Å². The molecule has 0 aromatic rings. The van der Waals surface area contributed by atoms with E-state index in [1.807, 2.05) is 68.2 Å². The van der Waals surface area contributed by atoms with Crippen LogP contribution in [-0.2, 0) is 4.74 Å². The molecule has 1 N–H and O–H groups in total. The van der Waals surface area contributed by atoms with Crippen molar-refractivity contribution in [3.8, 4) is 6.19 Å². The zero-order chi connectivity index (χ0) is 25.4. The van der Waals surface area contributed by atoms with E-state index in [0.29, 0.717) is 11.1 Å². The van der Waals surface area contributed by atoms with E-state index >= 15 is 0 Å². The number of rotatable bonds is 0. The molecular formula is C20H46N6O2S2. The molecule has 0 atom stereocenters. The lowest BCUT2D eigenvalue weighted by atomic mass is 10.5. The topological polar surface area (TPSA) is 78.6 Å². The van der Waals surface area contributed by atoms with Crippen LogP contribution in [0.4, 0.5) is 0 Å². The van der Waals surface area contributed by atoms with Gasteiger partial charge in [-0.2, -0.15) is 5.26 Å². The molecule has 0 bridgehead atoms. The van der Waals surface area contributed by atoms with Crippen molar-refractivity contribution in [3.05, 3.63) is 0 Å². The zero-order valence-electron chi connectivity index (χ0n) is 21.6. The van der Waals surface area contributed by atoms with E-state index in [-0.39, 0.29) is 6.10 Å². The predicted octanol–water partition coefficient (Wildman–Crippen LogP) is 3.12. The van der Waals surface area contributed by atoms with Crippen molar-refractivity contribution >= 4 is 40.6 Å². The van der Waals surface area contributed by atoms with E-state index in [9.17, 15) is 0 Å². The Balaban J connectivity index is -0.0000000924. The summed E-state index contributed by atoms with van der Waals surface area (Å²) in [6.07, 6.45) is 2.82. The van der Waals surface area contributed by atoms with Crippen molar-refractivity contribution in [1.29, 1.82) is 5.26 Å². The number of guanidine groups is 1. The highest BCUT2D eigenvalue weighted by Gasteiger charge is 2.01. The van der Waals surface area contributed by atoms with Crippen LogP contribution in [0.1, 0.15) is 41.0 Å². The number of thiocarbonyl (C=S) groups is 2.